The van der Waals surface area contributed by atoms with Crippen LogP contribution in [-0.4, -0.2) is 32.4 Å². The third-order valence-corrected chi connectivity index (χ3v) is 3.69. The van der Waals surface area contributed by atoms with E-state index in [9.17, 15) is 18.0 Å². The molecule has 0 saturated carbocycles. The number of alkyl halides is 3. The van der Waals surface area contributed by atoms with E-state index in [0.717, 1.165) is 23.4 Å². The summed E-state index contributed by atoms with van der Waals surface area (Å²) in [4.78, 5) is 26.3. The second kappa shape index (κ2) is 8.09. The van der Waals surface area contributed by atoms with Crippen LogP contribution in [0.4, 0.5) is 30.8 Å². The normalized spacial score (nSPS) is 11.2. The molecule has 3 aromatic rings. The second-order valence-electron chi connectivity index (χ2n) is 6.09. The summed E-state index contributed by atoms with van der Waals surface area (Å²) in [7, 11) is 0. The number of hydrogen-bond acceptors (Lipinski definition) is 7. The zero-order valence-electron chi connectivity index (χ0n) is 15.2. The highest BCUT2D eigenvalue weighted by atomic mass is 19.4. The maximum Gasteiger partial charge on any atom is 0.433 e. The summed E-state index contributed by atoms with van der Waals surface area (Å²) in [6.45, 7) is 1.75. The van der Waals surface area contributed by atoms with E-state index in [2.05, 4.69) is 30.6 Å². The first-order chi connectivity index (χ1) is 13.7. The van der Waals surface area contributed by atoms with Gasteiger partial charge in [-0.3, -0.25) is 4.79 Å². The molecule has 2 aromatic heterocycles. The Hall–Kier alpha value is -3.76. The van der Waals surface area contributed by atoms with Crippen LogP contribution in [0.25, 0.3) is 11.1 Å². The number of carbonyl (C=O) groups is 1. The van der Waals surface area contributed by atoms with Crippen molar-refractivity contribution in [3.8, 4) is 11.1 Å². The molecule has 0 unspecified atom stereocenters. The predicted molar refractivity (Wildman–Crippen MR) is 100 cm³/mol. The Kier molecular flexibility index (Phi) is 5.57. The van der Waals surface area contributed by atoms with Crippen LogP contribution >= 0.6 is 0 Å². The minimum atomic E-state index is -4.56. The van der Waals surface area contributed by atoms with Crippen LogP contribution in [0.5, 0.6) is 0 Å². The van der Waals surface area contributed by atoms with Gasteiger partial charge >= 0.3 is 6.18 Å². The summed E-state index contributed by atoms with van der Waals surface area (Å²) in [6.07, 6.45) is -0.412. The van der Waals surface area contributed by atoms with Gasteiger partial charge in [-0.15, -0.1) is 0 Å². The largest absolute Gasteiger partial charge is 0.433 e. The van der Waals surface area contributed by atoms with E-state index >= 15 is 0 Å². The van der Waals surface area contributed by atoms with E-state index in [-0.39, 0.29) is 18.4 Å². The Labute approximate surface area is 163 Å². The van der Waals surface area contributed by atoms with Gasteiger partial charge in [-0.1, -0.05) is 6.07 Å². The lowest BCUT2D eigenvalue weighted by atomic mass is 10.1. The third-order valence-electron chi connectivity index (χ3n) is 3.69. The quantitative estimate of drug-likeness (QED) is 0.579. The summed E-state index contributed by atoms with van der Waals surface area (Å²) in [5.41, 5.74) is 6.80. The average molecular weight is 403 g/mol. The highest BCUT2D eigenvalue weighted by Crippen LogP contribution is 2.29. The molecule has 11 heteroatoms. The number of halogens is 3. The maximum atomic E-state index is 12.8. The molecule has 0 saturated heterocycles. The van der Waals surface area contributed by atoms with Crippen LogP contribution in [-0.2, 0) is 11.0 Å². The smallest absolute Gasteiger partial charge is 0.368 e. The van der Waals surface area contributed by atoms with E-state index < -0.39 is 17.8 Å². The van der Waals surface area contributed by atoms with Crippen molar-refractivity contribution in [3.05, 3.63) is 54.1 Å². The fourth-order valence-electron chi connectivity index (χ4n) is 2.46. The number of primary amides is 1. The number of benzene rings is 1. The van der Waals surface area contributed by atoms with Crippen LogP contribution in [0.2, 0.25) is 0 Å². The van der Waals surface area contributed by atoms with Crippen LogP contribution in [0.1, 0.15) is 11.3 Å². The van der Waals surface area contributed by atoms with Crippen LogP contribution in [0, 0.1) is 6.92 Å². The molecule has 0 aliphatic heterocycles. The molecule has 4 N–H and O–H groups in total. The Bertz CT molecular complexity index is 1020. The van der Waals surface area contributed by atoms with E-state index in [4.69, 9.17) is 5.73 Å². The second-order valence-corrected chi connectivity index (χ2v) is 6.09. The fraction of sp³-hybridized carbons (Fsp3) is 0.167. The highest BCUT2D eigenvalue weighted by molar-refractivity contribution is 5.78. The molecule has 150 valence electrons. The van der Waals surface area contributed by atoms with Crippen molar-refractivity contribution in [1.82, 2.24) is 19.9 Å². The number of aryl methyl sites for hydroxylation is 1. The Balaban J connectivity index is 1.82. The lowest BCUT2D eigenvalue weighted by Crippen LogP contribution is -2.22. The number of rotatable bonds is 6. The zero-order valence-corrected chi connectivity index (χ0v) is 15.2. The molecule has 1 amide bonds. The standard InChI is InChI=1S/C18H16F3N7O/c1-10-4-11(12-7-24-16(25-8-12)26-9-15(22)29)6-13(5-10)27-17-23-3-2-14(28-17)18(19,20)21/h2-8H,9H2,1H3,(H2,22,29)(H,23,27,28)(H,24,25,26). The summed E-state index contributed by atoms with van der Waals surface area (Å²) in [5, 5.41) is 5.46. The molecule has 0 aliphatic carbocycles. The molecular formula is C18H16F3N7O. The van der Waals surface area contributed by atoms with E-state index in [1.54, 1.807) is 24.5 Å². The van der Waals surface area contributed by atoms with Crippen LogP contribution in [0.3, 0.4) is 0 Å². The highest BCUT2D eigenvalue weighted by Gasteiger charge is 2.32. The number of nitrogens with one attached hydrogen (secondary N) is 2. The average Bonchev–Trinajstić information content (AvgIpc) is 2.66. The first-order valence-electron chi connectivity index (χ1n) is 8.34. The topological polar surface area (TPSA) is 119 Å². The SMILES string of the molecule is Cc1cc(Nc2nccc(C(F)(F)F)n2)cc(-c2cnc(NCC(N)=O)nc2)c1. The Morgan fingerprint density at radius 1 is 1.07 bits per heavy atom. The van der Waals surface area contributed by atoms with Gasteiger partial charge in [0.25, 0.3) is 0 Å². The van der Waals surface area contributed by atoms with Crippen molar-refractivity contribution in [2.45, 2.75) is 13.1 Å². The minimum absolute atomic E-state index is 0.0884. The van der Waals surface area contributed by atoms with Crippen molar-refractivity contribution in [2.24, 2.45) is 5.73 Å². The number of hydrogen-bond donors (Lipinski definition) is 3. The van der Waals surface area contributed by atoms with Crippen molar-refractivity contribution in [2.75, 3.05) is 17.2 Å². The fourth-order valence-corrected chi connectivity index (χ4v) is 2.46. The molecule has 29 heavy (non-hydrogen) atoms. The minimum Gasteiger partial charge on any atom is -0.368 e. The summed E-state index contributed by atoms with van der Waals surface area (Å²) in [5.74, 6) is -0.460. The molecule has 0 atom stereocenters. The summed E-state index contributed by atoms with van der Waals surface area (Å²) in [6, 6.07) is 6.13. The van der Waals surface area contributed by atoms with Crippen molar-refractivity contribution >= 4 is 23.5 Å². The molecule has 0 fully saturated rings. The van der Waals surface area contributed by atoms with Gasteiger partial charge in [0.1, 0.15) is 5.69 Å². The van der Waals surface area contributed by atoms with Gasteiger partial charge in [-0.2, -0.15) is 13.2 Å². The zero-order chi connectivity index (χ0) is 21.0. The van der Waals surface area contributed by atoms with E-state index in [1.807, 2.05) is 13.0 Å². The lowest BCUT2D eigenvalue weighted by molar-refractivity contribution is -0.141. The number of carbonyl (C=O) groups excluding carboxylic acids is 1. The Morgan fingerprint density at radius 2 is 1.79 bits per heavy atom. The molecule has 0 radical (unpaired) electrons. The number of nitrogens with zero attached hydrogens (tertiary/aromatic N) is 4. The summed E-state index contributed by atoms with van der Waals surface area (Å²) >= 11 is 0. The molecular weight excluding hydrogens is 387 g/mol. The monoisotopic (exact) mass is 403 g/mol. The van der Waals surface area contributed by atoms with E-state index in [0.29, 0.717) is 11.3 Å². The van der Waals surface area contributed by atoms with Crippen molar-refractivity contribution < 1.29 is 18.0 Å². The number of anilines is 3. The van der Waals surface area contributed by atoms with Gasteiger partial charge in [-0.05, 0) is 36.2 Å². The van der Waals surface area contributed by atoms with Gasteiger partial charge in [0.15, 0.2) is 0 Å². The first kappa shape index (κ1) is 20.0. The molecule has 8 nitrogen and oxygen atoms in total. The van der Waals surface area contributed by atoms with Gasteiger partial charge in [0, 0.05) is 29.8 Å². The number of nitrogens with two attached hydrogens (primary N) is 1. The predicted octanol–water partition coefficient (Wildman–Crippen LogP) is 2.90. The Morgan fingerprint density at radius 3 is 2.45 bits per heavy atom. The molecule has 0 bridgehead atoms. The van der Waals surface area contributed by atoms with Gasteiger partial charge in [0.05, 0.1) is 6.54 Å². The van der Waals surface area contributed by atoms with Gasteiger partial charge in [-0.25, -0.2) is 19.9 Å². The third kappa shape index (κ3) is 5.37. The summed E-state index contributed by atoms with van der Waals surface area (Å²) < 4.78 is 38.5. The van der Waals surface area contributed by atoms with Crippen molar-refractivity contribution in [1.29, 1.82) is 0 Å². The number of aromatic nitrogens is 4. The van der Waals surface area contributed by atoms with E-state index in [1.165, 1.54) is 0 Å². The molecule has 1 aromatic carbocycles. The first-order valence-corrected chi connectivity index (χ1v) is 8.34. The molecule has 0 aliphatic rings. The molecule has 2 heterocycles. The van der Waals surface area contributed by atoms with Crippen LogP contribution in [0.15, 0.2) is 42.9 Å². The molecule has 0 spiro atoms. The lowest BCUT2D eigenvalue weighted by Gasteiger charge is -2.11. The van der Waals surface area contributed by atoms with Crippen molar-refractivity contribution in [3.63, 3.8) is 0 Å². The van der Waals surface area contributed by atoms with Crippen LogP contribution < -0.4 is 16.4 Å². The van der Waals surface area contributed by atoms with Gasteiger partial charge < -0.3 is 16.4 Å². The number of amides is 1. The van der Waals surface area contributed by atoms with Gasteiger partial charge in [0.2, 0.25) is 17.8 Å². The molecule has 3 rings (SSSR count). The maximum absolute atomic E-state index is 12.8.